The second kappa shape index (κ2) is 7.69. The smallest absolute Gasteiger partial charge is 0.405 e. The summed E-state index contributed by atoms with van der Waals surface area (Å²) in [5.41, 5.74) is 0.438. The fourth-order valence-electron chi connectivity index (χ4n) is 1.80. The topological polar surface area (TPSA) is 96.9 Å². The molecule has 2 aromatic rings. The molecule has 120 valence electrons. The van der Waals surface area contributed by atoms with Crippen LogP contribution in [0, 0.1) is 0 Å². The fourth-order valence-corrected chi connectivity index (χ4v) is 1.80. The average molecular weight is 316 g/mol. The van der Waals surface area contributed by atoms with E-state index >= 15 is 0 Å². The highest BCUT2D eigenvalue weighted by molar-refractivity contribution is 5.95. The molecule has 23 heavy (non-hydrogen) atoms. The molecular weight excluding hydrogens is 300 g/mol. The molecule has 0 heterocycles. The Morgan fingerprint density at radius 1 is 1.09 bits per heavy atom. The summed E-state index contributed by atoms with van der Waals surface area (Å²) in [6.45, 7) is -0.344. The zero-order chi connectivity index (χ0) is 16.7. The van der Waals surface area contributed by atoms with Crippen LogP contribution >= 0.6 is 0 Å². The van der Waals surface area contributed by atoms with Crippen LogP contribution in [-0.4, -0.2) is 30.8 Å². The number of carboxylic acid groups (broad SMARTS) is 1. The summed E-state index contributed by atoms with van der Waals surface area (Å²) in [4.78, 5) is 22.1. The van der Waals surface area contributed by atoms with Gasteiger partial charge in [0.15, 0.2) is 5.75 Å². The van der Waals surface area contributed by atoms with Crippen LogP contribution in [0.4, 0.5) is 10.5 Å². The van der Waals surface area contributed by atoms with Gasteiger partial charge in [0.25, 0.3) is 0 Å². The second-order valence-electron chi connectivity index (χ2n) is 4.48. The molecular formula is C16H16N2O5. The van der Waals surface area contributed by atoms with Crippen molar-refractivity contribution in [2.75, 3.05) is 19.0 Å². The number of hydrogen-bond acceptors (Lipinski definition) is 4. The van der Waals surface area contributed by atoms with Crippen LogP contribution in [-0.2, 0) is 4.79 Å². The van der Waals surface area contributed by atoms with E-state index in [2.05, 4.69) is 5.32 Å². The van der Waals surface area contributed by atoms with Crippen molar-refractivity contribution in [3.05, 3.63) is 48.5 Å². The van der Waals surface area contributed by atoms with E-state index in [4.69, 9.17) is 14.6 Å². The van der Waals surface area contributed by atoms with Gasteiger partial charge in [-0.3, -0.25) is 4.79 Å². The number of benzene rings is 2. The highest BCUT2D eigenvalue weighted by Gasteiger charge is 2.09. The van der Waals surface area contributed by atoms with E-state index in [0.29, 0.717) is 22.9 Å². The molecule has 0 spiro atoms. The molecule has 0 saturated heterocycles. The Hall–Kier alpha value is -3.22. The summed E-state index contributed by atoms with van der Waals surface area (Å²) in [5, 5.41) is 13.1. The Bertz CT molecular complexity index is 702. The van der Waals surface area contributed by atoms with Crippen LogP contribution in [0.25, 0.3) is 0 Å². The Balaban J connectivity index is 2.10. The number of nitrogens with one attached hydrogen (secondary N) is 2. The average Bonchev–Trinajstić information content (AvgIpc) is 2.55. The van der Waals surface area contributed by atoms with Gasteiger partial charge in [-0.25, -0.2) is 4.79 Å². The van der Waals surface area contributed by atoms with E-state index in [-0.39, 0.29) is 6.54 Å². The van der Waals surface area contributed by atoms with E-state index in [0.717, 1.165) is 0 Å². The summed E-state index contributed by atoms with van der Waals surface area (Å²) in [7, 11) is 1.56. The Morgan fingerprint density at radius 3 is 2.57 bits per heavy atom. The lowest BCUT2D eigenvalue weighted by molar-refractivity contribution is -0.115. The Morgan fingerprint density at radius 2 is 1.83 bits per heavy atom. The molecule has 0 unspecified atom stereocenters. The standard InChI is InChI=1S/C16H16N2O5/c1-22-11-5-4-6-12(9-11)23-14-8-3-2-7-13(14)18-15(19)10-17-16(20)21/h2-9,17H,10H2,1H3,(H,18,19)(H,20,21). The largest absolute Gasteiger partial charge is 0.497 e. The van der Waals surface area contributed by atoms with Crippen molar-refractivity contribution in [2.45, 2.75) is 0 Å². The first-order valence-corrected chi connectivity index (χ1v) is 6.76. The third kappa shape index (κ3) is 4.92. The molecule has 7 nitrogen and oxygen atoms in total. The number of methoxy groups -OCH3 is 1. The van der Waals surface area contributed by atoms with Crippen LogP contribution in [0.5, 0.6) is 17.2 Å². The second-order valence-corrected chi connectivity index (χ2v) is 4.48. The molecule has 0 aromatic heterocycles. The van der Waals surface area contributed by atoms with Crippen molar-refractivity contribution >= 4 is 17.7 Å². The van der Waals surface area contributed by atoms with Gasteiger partial charge < -0.3 is 25.2 Å². The van der Waals surface area contributed by atoms with Gasteiger partial charge in [0.05, 0.1) is 12.8 Å². The summed E-state index contributed by atoms with van der Waals surface area (Å²) in [6.07, 6.45) is -1.26. The lowest BCUT2D eigenvalue weighted by atomic mass is 10.2. The SMILES string of the molecule is COc1cccc(Oc2ccccc2NC(=O)CNC(=O)O)c1. The molecule has 0 saturated carbocycles. The highest BCUT2D eigenvalue weighted by Crippen LogP contribution is 2.30. The quantitative estimate of drug-likeness (QED) is 0.761. The molecule has 2 amide bonds. The van der Waals surface area contributed by atoms with Gasteiger partial charge in [-0.05, 0) is 24.3 Å². The van der Waals surface area contributed by atoms with E-state index in [1.165, 1.54) is 0 Å². The molecule has 7 heteroatoms. The predicted octanol–water partition coefficient (Wildman–Crippen LogP) is 2.69. The maximum atomic E-state index is 11.7. The lowest BCUT2D eigenvalue weighted by Crippen LogP contribution is -2.31. The van der Waals surface area contributed by atoms with Crippen molar-refractivity contribution in [3.63, 3.8) is 0 Å². The molecule has 0 atom stereocenters. The van der Waals surface area contributed by atoms with E-state index in [9.17, 15) is 9.59 Å². The first kappa shape index (κ1) is 16.2. The maximum absolute atomic E-state index is 11.7. The predicted molar refractivity (Wildman–Crippen MR) is 84.2 cm³/mol. The first-order valence-electron chi connectivity index (χ1n) is 6.76. The summed E-state index contributed by atoms with van der Waals surface area (Å²) in [5.74, 6) is 1.14. The van der Waals surface area contributed by atoms with E-state index in [1.807, 2.05) is 5.32 Å². The van der Waals surface area contributed by atoms with E-state index < -0.39 is 12.0 Å². The van der Waals surface area contributed by atoms with Crippen LogP contribution in [0.3, 0.4) is 0 Å². The molecule has 3 N–H and O–H groups in total. The Labute approximate surface area is 132 Å². The summed E-state index contributed by atoms with van der Waals surface area (Å²) < 4.78 is 10.9. The minimum Gasteiger partial charge on any atom is -0.497 e. The molecule has 2 rings (SSSR count). The number of anilines is 1. The molecule has 0 aliphatic heterocycles. The van der Waals surface area contributed by atoms with Crippen molar-refractivity contribution in [2.24, 2.45) is 0 Å². The van der Waals surface area contributed by atoms with Gasteiger partial charge in [-0.15, -0.1) is 0 Å². The molecule has 0 fully saturated rings. The van der Waals surface area contributed by atoms with Gasteiger partial charge in [0.1, 0.15) is 18.0 Å². The van der Waals surface area contributed by atoms with Crippen molar-refractivity contribution in [1.29, 1.82) is 0 Å². The van der Waals surface area contributed by atoms with Crippen molar-refractivity contribution in [1.82, 2.24) is 5.32 Å². The van der Waals surface area contributed by atoms with Crippen LogP contribution in [0.15, 0.2) is 48.5 Å². The van der Waals surface area contributed by atoms with Crippen molar-refractivity contribution in [3.8, 4) is 17.2 Å². The number of carbonyl (C=O) groups is 2. The van der Waals surface area contributed by atoms with Crippen LogP contribution < -0.4 is 20.1 Å². The monoisotopic (exact) mass is 316 g/mol. The Kier molecular flexibility index (Phi) is 5.40. The molecule has 2 aromatic carbocycles. The fraction of sp³-hybridized carbons (Fsp3) is 0.125. The number of para-hydroxylation sites is 2. The van der Waals surface area contributed by atoms with Gasteiger partial charge in [-0.1, -0.05) is 18.2 Å². The maximum Gasteiger partial charge on any atom is 0.405 e. The van der Waals surface area contributed by atoms with Crippen LogP contribution in [0.2, 0.25) is 0 Å². The minimum absolute atomic E-state index is 0.344. The lowest BCUT2D eigenvalue weighted by Gasteiger charge is -2.12. The first-order chi connectivity index (χ1) is 11.1. The minimum atomic E-state index is -1.26. The summed E-state index contributed by atoms with van der Waals surface area (Å²) >= 11 is 0. The number of rotatable bonds is 6. The number of ether oxygens (including phenoxy) is 2. The van der Waals surface area contributed by atoms with Gasteiger partial charge in [0.2, 0.25) is 5.91 Å². The third-order valence-electron chi connectivity index (χ3n) is 2.83. The number of hydrogen-bond donors (Lipinski definition) is 3. The zero-order valence-corrected chi connectivity index (χ0v) is 12.4. The normalized spacial score (nSPS) is 9.78. The van der Waals surface area contributed by atoms with Crippen molar-refractivity contribution < 1.29 is 24.2 Å². The molecule has 0 bridgehead atoms. The molecule has 0 aliphatic rings. The third-order valence-corrected chi connectivity index (χ3v) is 2.83. The van der Waals surface area contributed by atoms with Gasteiger partial charge in [0, 0.05) is 6.07 Å². The zero-order valence-electron chi connectivity index (χ0n) is 12.4. The molecule has 0 aliphatic carbocycles. The molecule has 0 radical (unpaired) electrons. The number of amides is 2. The summed E-state index contributed by atoms with van der Waals surface area (Å²) in [6, 6.07) is 13.9. The number of carbonyl (C=O) groups excluding carboxylic acids is 1. The highest BCUT2D eigenvalue weighted by atomic mass is 16.5. The van der Waals surface area contributed by atoms with Crippen LogP contribution in [0.1, 0.15) is 0 Å². The van der Waals surface area contributed by atoms with Gasteiger partial charge >= 0.3 is 6.09 Å². The van der Waals surface area contributed by atoms with Gasteiger partial charge in [-0.2, -0.15) is 0 Å². The van der Waals surface area contributed by atoms with E-state index in [1.54, 1.807) is 55.6 Å².